The van der Waals surface area contributed by atoms with E-state index in [1.54, 1.807) is 18.2 Å². The third kappa shape index (κ3) is 2.04. The minimum atomic E-state index is -1.09. The molecule has 0 spiro atoms. The van der Waals surface area contributed by atoms with E-state index < -0.39 is 24.0 Å². The van der Waals surface area contributed by atoms with E-state index in [0.29, 0.717) is 5.56 Å². The SMILES string of the molecule is CC1=NC(=O)N[C@@H](c2ccccc2O)[C@@H]1C(=O)O. The Bertz CT molecular complexity index is 539. The average Bonchev–Trinajstić information content (AvgIpc) is 2.27. The number of hydrogen-bond acceptors (Lipinski definition) is 3. The van der Waals surface area contributed by atoms with Crippen molar-refractivity contribution < 1.29 is 19.8 Å². The number of aliphatic carboxylic acids is 1. The number of carboxylic acids is 1. The number of phenols is 1. The van der Waals surface area contributed by atoms with E-state index in [2.05, 4.69) is 10.3 Å². The highest BCUT2D eigenvalue weighted by atomic mass is 16.4. The lowest BCUT2D eigenvalue weighted by atomic mass is 9.88. The number of hydrogen-bond donors (Lipinski definition) is 3. The third-order valence-corrected chi connectivity index (χ3v) is 2.88. The highest BCUT2D eigenvalue weighted by Crippen LogP contribution is 2.32. The molecule has 3 N–H and O–H groups in total. The first-order valence-electron chi connectivity index (χ1n) is 5.37. The van der Waals surface area contributed by atoms with Crippen LogP contribution in [-0.4, -0.2) is 27.9 Å². The van der Waals surface area contributed by atoms with Gasteiger partial charge in [0.25, 0.3) is 0 Å². The number of carbonyl (C=O) groups excluding carboxylic acids is 1. The summed E-state index contributed by atoms with van der Waals surface area (Å²) >= 11 is 0. The minimum Gasteiger partial charge on any atom is -0.508 e. The van der Waals surface area contributed by atoms with Gasteiger partial charge in [-0.05, 0) is 13.0 Å². The Hall–Kier alpha value is -2.37. The lowest BCUT2D eigenvalue weighted by Crippen LogP contribution is -2.43. The summed E-state index contributed by atoms with van der Waals surface area (Å²) < 4.78 is 0. The predicted molar refractivity (Wildman–Crippen MR) is 63.6 cm³/mol. The summed E-state index contributed by atoms with van der Waals surface area (Å²) in [5.74, 6) is -2.12. The number of urea groups is 1. The molecule has 1 heterocycles. The van der Waals surface area contributed by atoms with E-state index in [0.717, 1.165) is 0 Å². The molecule has 2 amide bonds. The van der Waals surface area contributed by atoms with Gasteiger partial charge in [-0.3, -0.25) is 4.79 Å². The minimum absolute atomic E-state index is 0.0521. The fourth-order valence-corrected chi connectivity index (χ4v) is 2.05. The van der Waals surface area contributed by atoms with Crippen molar-refractivity contribution in [2.75, 3.05) is 0 Å². The Kier molecular flexibility index (Phi) is 3.01. The first kappa shape index (κ1) is 12.1. The number of rotatable bonds is 2. The number of aliphatic imine (C=N–C) groups is 1. The van der Waals surface area contributed by atoms with E-state index in [1.807, 2.05) is 0 Å². The van der Waals surface area contributed by atoms with Crippen LogP contribution in [-0.2, 0) is 4.79 Å². The number of carboxylic acid groups (broad SMARTS) is 1. The van der Waals surface area contributed by atoms with Crippen molar-refractivity contribution >= 4 is 17.7 Å². The zero-order valence-corrected chi connectivity index (χ0v) is 9.62. The van der Waals surface area contributed by atoms with Crippen LogP contribution >= 0.6 is 0 Å². The van der Waals surface area contributed by atoms with Crippen molar-refractivity contribution in [3.8, 4) is 5.75 Å². The molecule has 0 bridgehead atoms. The van der Waals surface area contributed by atoms with E-state index >= 15 is 0 Å². The maximum atomic E-state index is 11.4. The largest absolute Gasteiger partial charge is 0.508 e. The molecule has 1 aliphatic heterocycles. The molecule has 2 rings (SSSR count). The number of para-hydroxylation sites is 1. The molecule has 0 radical (unpaired) electrons. The molecule has 2 atom stereocenters. The molecule has 0 aromatic heterocycles. The van der Waals surface area contributed by atoms with Crippen LogP contribution in [0.25, 0.3) is 0 Å². The van der Waals surface area contributed by atoms with Crippen molar-refractivity contribution in [2.45, 2.75) is 13.0 Å². The van der Waals surface area contributed by atoms with Gasteiger partial charge in [0.05, 0.1) is 6.04 Å². The molecule has 0 saturated carbocycles. The zero-order chi connectivity index (χ0) is 13.3. The van der Waals surface area contributed by atoms with Gasteiger partial charge in [0.1, 0.15) is 11.7 Å². The van der Waals surface area contributed by atoms with Crippen molar-refractivity contribution in [2.24, 2.45) is 10.9 Å². The summed E-state index contributed by atoms with van der Waals surface area (Å²) in [6, 6.07) is 4.91. The Labute approximate surface area is 103 Å². The van der Waals surface area contributed by atoms with Gasteiger partial charge in [-0.1, -0.05) is 18.2 Å². The molecule has 6 nitrogen and oxygen atoms in total. The molecule has 0 fully saturated rings. The molecule has 1 aliphatic rings. The van der Waals surface area contributed by atoms with Gasteiger partial charge < -0.3 is 15.5 Å². The first-order chi connectivity index (χ1) is 8.50. The second-order valence-electron chi connectivity index (χ2n) is 4.06. The van der Waals surface area contributed by atoms with Crippen LogP contribution in [0.15, 0.2) is 29.3 Å². The molecule has 6 heteroatoms. The number of carbonyl (C=O) groups is 2. The van der Waals surface area contributed by atoms with Crippen LogP contribution in [0, 0.1) is 5.92 Å². The Morgan fingerprint density at radius 1 is 1.39 bits per heavy atom. The lowest BCUT2D eigenvalue weighted by molar-refractivity contribution is -0.140. The third-order valence-electron chi connectivity index (χ3n) is 2.88. The van der Waals surface area contributed by atoms with E-state index in [1.165, 1.54) is 13.0 Å². The maximum absolute atomic E-state index is 11.4. The van der Waals surface area contributed by atoms with Gasteiger partial charge >= 0.3 is 12.0 Å². The monoisotopic (exact) mass is 248 g/mol. The zero-order valence-electron chi connectivity index (χ0n) is 9.62. The predicted octanol–water partition coefficient (Wildman–Crippen LogP) is 1.32. The topological polar surface area (TPSA) is 99.0 Å². The average molecular weight is 248 g/mol. The van der Waals surface area contributed by atoms with Gasteiger partial charge in [0.2, 0.25) is 0 Å². The second-order valence-corrected chi connectivity index (χ2v) is 4.06. The first-order valence-corrected chi connectivity index (χ1v) is 5.37. The molecule has 18 heavy (non-hydrogen) atoms. The molecule has 1 aromatic carbocycles. The van der Waals surface area contributed by atoms with Crippen molar-refractivity contribution in [1.82, 2.24) is 5.32 Å². The smallest absolute Gasteiger partial charge is 0.341 e. The second kappa shape index (κ2) is 4.48. The Morgan fingerprint density at radius 3 is 2.67 bits per heavy atom. The van der Waals surface area contributed by atoms with E-state index in [-0.39, 0.29) is 11.5 Å². The van der Waals surface area contributed by atoms with Gasteiger partial charge in [-0.15, -0.1) is 0 Å². The molecular weight excluding hydrogens is 236 g/mol. The van der Waals surface area contributed by atoms with Gasteiger partial charge in [0.15, 0.2) is 0 Å². The van der Waals surface area contributed by atoms with Crippen LogP contribution in [0.5, 0.6) is 5.75 Å². The number of nitrogens with one attached hydrogen (secondary N) is 1. The summed E-state index contributed by atoms with van der Waals surface area (Å²) in [6.07, 6.45) is 0. The number of phenolic OH excluding ortho intramolecular Hbond substituents is 1. The van der Waals surface area contributed by atoms with Gasteiger partial charge in [-0.2, -0.15) is 0 Å². The molecule has 1 aromatic rings. The Morgan fingerprint density at radius 2 is 2.06 bits per heavy atom. The number of amides is 2. The number of aromatic hydroxyl groups is 1. The van der Waals surface area contributed by atoms with E-state index in [4.69, 9.17) is 0 Å². The van der Waals surface area contributed by atoms with Crippen molar-refractivity contribution in [3.05, 3.63) is 29.8 Å². The Balaban J connectivity index is 2.48. The molecule has 0 unspecified atom stereocenters. The normalized spacial score (nSPS) is 23.2. The fourth-order valence-electron chi connectivity index (χ4n) is 2.05. The van der Waals surface area contributed by atoms with Crippen LogP contribution in [0.3, 0.4) is 0 Å². The quantitative estimate of drug-likeness (QED) is 0.734. The summed E-state index contributed by atoms with van der Waals surface area (Å²) in [5, 5.41) is 21.4. The summed E-state index contributed by atoms with van der Waals surface area (Å²) in [6.45, 7) is 1.49. The highest BCUT2D eigenvalue weighted by Gasteiger charge is 2.37. The van der Waals surface area contributed by atoms with Gasteiger partial charge in [-0.25, -0.2) is 9.79 Å². The molecule has 0 saturated heterocycles. The summed E-state index contributed by atoms with van der Waals surface area (Å²) in [5.41, 5.74) is 0.590. The van der Waals surface area contributed by atoms with Crippen LogP contribution in [0.1, 0.15) is 18.5 Å². The van der Waals surface area contributed by atoms with Crippen LogP contribution < -0.4 is 5.32 Å². The number of nitrogens with zero attached hydrogens (tertiary/aromatic N) is 1. The lowest BCUT2D eigenvalue weighted by Gasteiger charge is -2.28. The fraction of sp³-hybridized carbons (Fsp3) is 0.250. The summed E-state index contributed by atoms with van der Waals surface area (Å²) in [4.78, 5) is 26.2. The molecule has 0 aliphatic carbocycles. The highest BCUT2D eigenvalue weighted by molar-refractivity contribution is 6.07. The van der Waals surface area contributed by atoms with E-state index in [9.17, 15) is 19.8 Å². The molecular formula is C12H12N2O4. The number of benzene rings is 1. The van der Waals surface area contributed by atoms with Crippen molar-refractivity contribution in [1.29, 1.82) is 0 Å². The van der Waals surface area contributed by atoms with Gasteiger partial charge in [0, 0.05) is 11.3 Å². The standard InChI is InChI=1S/C12H12N2O4/c1-6-9(11(16)17)10(14-12(18)13-6)7-4-2-3-5-8(7)15/h2-5,9-10,15H,1H3,(H,14,18)(H,16,17)/t9-,10+/m1/s1. The van der Waals surface area contributed by atoms with Crippen LogP contribution in [0.2, 0.25) is 0 Å². The van der Waals surface area contributed by atoms with Crippen molar-refractivity contribution in [3.63, 3.8) is 0 Å². The summed E-state index contributed by atoms with van der Waals surface area (Å²) in [7, 11) is 0. The molecule has 94 valence electrons. The van der Waals surface area contributed by atoms with Crippen LogP contribution in [0.4, 0.5) is 4.79 Å². The maximum Gasteiger partial charge on any atom is 0.341 e.